The Labute approximate surface area is 84.1 Å². The molecule has 0 amide bonds. The lowest BCUT2D eigenvalue weighted by atomic mass is 10.0. The summed E-state index contributed by atoms with van der Waals surface area (Å²) in [6.45, 7) is 1.53. The molecule has 0 aliphatic heterocycles. The van der Waals surface area contributed by atoms with E-state index in [4.69, 9.17) is 5.11 Å². The summed E-state index contributed by atoms with van der Waals surface area (Å²) in [7, 11) is 0. The van der Waals surface area contributed by atoms with Crippen molar-refractivity contribution in [2.45, 2.75) is 12.8 Å². The Kier molecular flexibility index (Phi) is 2.93. The highest BCUT2D eigenvalue weighted by Crippen LogP contribution is 2.32. The lowest BCUT2D eigenvalue weighted by molar-refractivity contribution is -0.138. The molecule has 0 bridgehead atoms. The largest absolute Gasteiger partial charge is 0.506 e. The van der Waals surface area contributed by atoms with Crippen molar-refractivity contribution in [3.8, 4) is 5.75 Å². The fourth-order valence-corrected chi connectivity index (χ4v) is 1.40. The number of hydrogen-bond acceptors (Lipinski definition) is 2. The molecule has 1 atom stereocenters. The first-order valence-electron chi connectivity index (χ1n) is 3.74. The highest BCUT2D eigenvalue weighted by molar-refractivity contribution is 9.10. The van der Waals surface area contributed by atoms with Crippen molar-refractivity contribution in [1.29, 1.82) is 0 Å². The first-order valence-corrected chi connectivity index (χ1v) is 4.53. The number of benzene rings is 1. The van der Waals surface area contributed by atoms with Gasteiger partial charge in [0.25, 0.3) is 0 Å². The second kappa shape index (κ2) is 3.79. The number of phenolic OH excluding ortho intramolecular Hbond substituents is 1. The van der Waals surface area contributed by atoms with Gasteiger partial charge in [0.1, 0.15) is 5.75 Å². The van der Waals surface area contributed by atoms with Gasteiger partial charge in [-0.25, -0.2) is 0 Å². The lowest BCUT2D eigenvalue weighted by Crippen LogP contribution is -2.07. The van der Waals surface area contributed by atoms with Gasteiger partial charge in [0.05, 0.1) is 10.4 Å². The van der Waals surface area contributed by atoms with Gasteiger partial charge in [-0.05, 0) is 28.9 Å². The number of halogens is 1. The molecule has 0 aliphatic rings. The summed E-state index contributed by atoms with van der Waals surface area (Å²) in [5, 5.41) is 18.2. The summed E-state index contributed by atoms with van der Waals surface area (Å²) < 4.78 is 0.512. The molecule has 3 nitrogen and oxygen atoms in total. The molecule has 4 heteroatoms. The smallest absolute Gasteiger partial charge is 0.310 e. The zero-order valence-electron chi connectivity index (χ0n) is 6.99. The Balaban J connectivity index is 3.15. The highest BCUT2D eigenvalue weighted by Gasteiger charge is 2.18. The van der Waals surface area contributed by atoms with E-state index in [1.807, 2.05) is 0 Å². The third-order valence-electron chi connectivity index (χ3n) is 1.85. The van der Waals surface area contributed by atoms with E-state index in [-0.39, 0.29) is 5.75 Å². The summed E-state index contributed by atoms with van der Waals surface area (Å²) in [5.41, 5.74) is 0.418. The van der Waals surface area contributed by atoms with Crippen LogP contribution in [0.1, 0.15) is 18.4 Å². The third-order valence-corrected chi connectivity index (χ3v) is 2.49. The van der Waals surface area contributed by atoms with Gasteiger partial charge in [-0.3, -0.25) is 4.79 Å². The molecular formula is C9H9BrO3. The van der Waals surface area contributed by atoms with Crippen LogP contribution in [0.2, 0.25) is 0 Å². The van der Waals surface area contributed by atoms with Crippen LogP contribution in [0.15, 0.2) is 22.7 Å². The summed E-state index contributed by atoms with van der Waals surface area (Å²) in [6.07, 6.45) is 0. The predicted molar refractivity (Wildman–Crippen MR) is 51.9 cm³/mol. The van der Waals surface area contributed by atoms with Crippen molar-refractivity contribution in [2.75, 3.05) is 0 Å². The van der Waals surface area contributed by atoms with Gasteiger partial charge < -0.3 is 10.2 Å². The fourth-order valence-electron chi connectivity index (χ4n) is 1.01. The van der Waals surface area contributed by atoms with Crippen molar-refractivity contribution in [3.05, 3.63) is 28.2 Å². The zero-order chi connectivity index (χ0) is 10.0. The number of carboxylic acids is 1. The second-order valence-electron chi connectivity index (χ2n) is 2.74. The number of hydrogen-bond donors (Lipinski definition) is 2. The minimum Gasteiger partial charge on any atom is -0.506 e. The first-order chi connectivity index (χ1) is 6.04. The van der Waals surface area contributed by atoms with Gasteiger partial charge in [0.2, 0.25) is 0 Å². The van der Waals surface area contributed by atoms with E-state index in [1.165, 1.54) is 6.92 Å². The van der Waals surface area contributed by atoms with Gasteiger partial charge in [-0.1, -0.05) is 12.1 Å². The average Bonchev–Trinajstić information content (AvgIpc) is 2.08. The molecule has 1 aromatic carbocycles. The average molecular weight is 245 g/mol. The van der Waals surface area contributed by atoms with Crippen LogP contribution in [0.25, 0.3) is 0 Å². The fraction of sp³-hybridized carbons (Fsp3) is 0.222. The van der Waals surface area contributed by atoms with E-state index in [2.05, 4.69) is 15.9 Å². The molecule has 70 valence electrons. The third kappa shape index (κ3) is 2.01. The van der Waals surface area contributed by atoms with Crippen LogP contribution in [0.5, 0.6) is 5.75 Å². The molecule has 13 heavy (non-hydrogen) atoms. The molecule has 0 heterocycles. The number of carboxylic acid groups (broad SMARTS) is 1. The molecule has 0 saturated carbocycles. The van der Waals surface area contributed by atoms with E-state index in [0.717, 1.165) is 0 Å². The van der Waals surface area contributed by atoms with Crippen molar-refractivity contribution in [2.24, 2.45) is 0 Å². The van der Waals surface area contributed by atoms with Gasteiger partial charge in [-0.2, -0.15) is 0 Å². The summed E-state index contributed by atoms with van der Waals surface area (Å²) in [5.74, 6) is -1.65. The summed E-state index contributed by atoms with van der Waals surface area (Å²) >= 11 is 3.12. The number of rotatable bonds is 2. The van der Waals surface area contributed by atoms with Crippen molar-refractivity contribution in [3.63, 3.8) is 0 Å². The number of aromatic hydroxyl groups is 1. The Bertz CT molecular complexity index is 336. The predicted octanol–water partition coefficient (Wildman–Crippen LogP) is 2.34. The number of phenols is 1. The van der Waals surface area contributed by atoms with E-state index >= 15 is 0 Å². The molecular weight excluding hydrogens is 236 g/mol. The molecule has 1 unspecified atom stereocenters. The molecule has 2 N–H and O–H groups in total. The Morgan fingerprint density at radius 2 is 2.15 bits per heavy atom. The standard InChI is InChI=1S/C9H9BrO3/c1-5(9(12)13)6-3-2-4-7(10)8(6)11/h2-5,11H,1H3,(H,12,13). The van der Waals surface area contributed by atoms with Crippen LogP contribution in [-0.2, 0) is 4.79 Å². The second-order valence-corrected chi connectivity index (χ2v) is 3.59. The molecule has 0 radical (unpaired) electrons. The van der Waals surface area contributed by atoms with E-state index in [0.29, 0.717) is 10.0 Å². The molecule has 0 fully saturated rings. The minimum atomic E-state index is -0.951. The monoisotopic (exact) mass is 244 g/mol. The highest BCUT2D eigenvalue weighted by atomic mass is 79.9. The molecule has 0 saturated heterocycles. The van der Waals surface area contributed by atoms with E-state index in [9.17, 15) is 9.90 Å². The lowest BCUT2D eigenvalue weighted by Gasteiger charge is -2.09. The van der Waals surface area contributed by atoms with Crippen LogP contribution in [0.4, 0.5) is 0 Å². The molecule has 0 spiro atoms. The summed E-state index contributed by atoms with van der Waals surface area (Å²) in [4.78, 5) is 10.6. The van der Waals surface area contributed by atoms with Crippen LogP contribution in [0.3, 0.4) is 0 Å². The molecule has 0 aromatic heterocycles. The van der Waals surface area contributed by atoms with Crippen LogP contribution in [-0.4, -0.2) is 16.2 Å². The molecule has 0 aliphatic carbocycles. The number of carbonyl (C=O) groups is 1. The van der Waals surface area contributed by atoms with Crippen LogP contribution in [0, 0.1) is 0 Å². The Morgan fingerprint density at radius 3 is 2.69 bits per heavy atom. The number of aliphatic carboxylic acids is 1. The van der Waals surface area contributed by atoms with Crippen LogP contribution >= 0.6 is 15.9 Å². The van der Waals surface area contributed by atoms with Crippen molar-refractivity contribution in [1.82, 2.24) is 0 Å². The maximum Gasteiger partial charge on any atom is 0.310 e. The molecule has 1 aromatic rings. The number of para-hydroxylation sites is 1. The maximum atomic E-state index is 10.6. The first kappa shape index (κ1) is 10.1. The van der Waals surface area contributed by atoms with Gasteiger partial charge >= 0.3 is 5.97 Å². The van der Waals surface area contributed by atoms with E-state index in [1.54, 1.807) is 18.2 Å². The van der Waals surface area contributed by atoms with E-state index < -0.39 is 11.9 Å². The molecule has 1 rings (SSSR count). The Morgan fingerprint density at radius 1 is 1.54 bits per heavy atom. The topological polar surface area (TPSA) is 57.5 Å². The summed E-state index contributed by atoms with van der Waals surface area (Å²) in [6, 6.07) is 4.95. The minimum absolute atomic E-state index is 0.00241. The maximum absolute atomic E-state index is 10.6. The SMILES string of the molecule is CC(C(=O)O)c1cccc(Br)c1O. The van der Waals surface area contributed by atoms with Gasteiger partial charge in [0.15, 0.2) is 0 Å². The Hall–Kier alpha value is -1.03. The van der Waals surface area contributed by atoms with Gasteiger partial charge in [-0.15, -0.1) is 0 Å². The van der Waals surface area contributed by atoms with Crippen LogP contribution < -0.4 is 0 Å². The van der Waals surface area contributed by atoms with Crippen molar-refractivity contribution < 1.29 is 15.0 Å². The van der Waals surface area contributed by atoms with Crippen molar-refractivity contribution >= 4 is 21.9 Å². The quantitative estimate of drug-likeness (QED) is 0.840. The zero-order valence-corrected chi connectivity index (χ0v) is 8.58. The normalized spacial score (nSPS) is 12.5. The van der Waals surface area contributed by atoms with Gasteiger partial charge in [0, 0.05) is 5.56 Å².